The maximum atomic E-state index is 9.91. The highest BCUT2D eigenvalue weighted by atomic mass is 16.3. The molecule has 0 saturated heterocycles. The molecule has 3 rings (SSSR count). The van der Waals surface area contributed by atoms with Gasteiger partial charge in [0.2, 0.25) is 0 Å². The Bertz CT molecular complexity index is 437. The van der Waals surface area contributed by atoms with Crippen LogP contribution in [0.2, 0.25) is 0 Å². The third-order valence-electron chi connectivity index (χ3n) is 5.24. The maximum absolute atomic E-state index is 9.91. The Kier molecular flexibility index (Phi) is 4.42. The minimum atomic E-state index is 0.178. The summed E-state index contributed by atoms with van der Waals surface area (Å²) in [6.07, 6.45) is 8.82. The van der Waals surface area contributed by atoms with E-state index in [1.807, 2.05) is 0 Å². The Morgan fingerprint density at radius 2 is 1.75 bits per heavy atom. The zero-order valence-corrected chi connectivity index (χ0v) is 12.5. The van der Waals surface area contributed by atoms with Gasteiger partial charge in [0.05, 0.1) is 0 Å². The van der Waals surface area contributed by atoms with Crippen LogP contribution in [0.3, 0.4) is 0 Å². The molecule has 0 aromatic heterocycles. The third kappa shape index (κ3) is 3.07. The molecular weight excluding hydrogens is 246 g/mol. The van der Waals surface area contributed by atoms with E-state index in [0.717, 1.165) is 13.1 Å². The van der Waals surface area contributed by atoms with Crippen LogP contribution in [0.1, 0.15) is 49.7 Å². The molecule has 0 atom stereocenters. The van der Waals surface area contributed by atoms with Gasteiger partial charge in [0.1, 0.15) is 0 Å². The number of aliphatic hydroxyl groups is 1. The van der Waals surface area contributed by atoms with Gasteiger partial charge in [-0.2, -0.15) is 0 Å². The Hall–Kier alpha value is -0.860. The quantitative estimate of drug-likeness (QED) is 0.912. The van der Waals surface area contributed by atoms with Crippen LogP contribution in [0.25, 0.3) is 0 Å². The third-order valence-corrected chi connectivity index (χ3v) is 5.24. The van der Waals surface area contributed by atoms with Crippen LogP contribution in [0, 0.1) is 5.41 Å². The zero-order chi connectivity index (χ0) is 13.8. The van der Waals surface area contributed by atoms with Crippen molar-refractivity contribution in [3.63, 3.8) is 0 Å². The van der Waals surface area contributed by atoms with Gasteiger partial charge in [-0.15, -0.1) is 0 Å². The summed E-state index contributed by atoms with van der Waals surface area (Å²) in [6, 6.07) is 8.87. The molecule has 1 heterocycles. The normalized spacial score (nSPS) is 23.1. The molecule has 110 valence electrons. The number of nitrogens with zero attached hydrogens (tertiary/aromatic N) is 1. The summed E-state index contributed by atoms with van der Waals surface area (Å²) in [6.45, 7) is 3.69. The SMILES string of the molecule is OCC1(CN2CCCc3ccccc3C2)CCCCC1. The highest BCUT2D eigenvalue weighted by molar-refractivity contribution is 5.28. The highest BCUT2D eigenvalue weighted by Gasteiger charge is 2.33. The topological polar surface area (TPSA) is 23.5 Å². The lowest BCUT2D eigenvalue weighted by Gasteiger charge is -2.39. The summed E-state index contributed by atoms with van der Waals surface area (Å²) in [5, 5.41) is 9.91. The standard InChI is InChI=1S/C18H27NO/c20-15-18(10-4-1-5-11-18)14-19-12-6-9-16-7-2-3-8-17(16)13-19/h2-3,7-8,20H,1,4-6,9-15H2. The van der Waals surface area contributed by atoms with Crippen LogP contribution < -0.4 is 0 Å². The fraction of sp³-hybridized carbons (Fsp3) is 0.667. The molecule has 1 aliphatic carbocycles. The lowest BCUT2D eigenvalue weighted by Crippen LogP contribution is -2.41. The van der Waals surface area contributed by atoms with E-state index in [0.29, 0.717) is 6.61 Å². The summed E-state index contributed by atoms with van der Waals surface area (Å²) in [4.78, 5) is 2.59. The second-order valence-corrected chi connectivity index (χ2v) is 6.80. The van der Waals surface area contributed by atoms with Crippen LogP contribution >= 0.6 is 0 Å². The Morgan fingerprint density at radius 3 is 2.50 bits per heavy atom. The van der Waals surface area contributed by atoms with Crippen molar-refractivity contribution in [2.75, 3.05) is 19.7 Å². The number of fused-ring (bicyclic) bond motifs is 1. The summed E-state index contributed by atoms with van der Waals surface area (Å²) >= 11 is 0. The molecule has 1 fully saturated rings. The molecule has 20 heavy (non-hydrogen) atoms. The van der Waals surface area contributed by atoms with Crippen molar-refractivity contribution in [1.29, 1.82) is 0 Å². The first-order chi connectivity index (χ1) is 9.81. The Labute approximate surface area is 122 Å². The molecule has 1 aliphatic heterocycles. The van der Waals surface area contributed by atoms with Crippen LogP contribution in [0.4, 0.5) is 0 Å². The van der Waals surface area contributed by atoms with Gasteiger partial charge in [-0.1, -0.05) is 43.5 Å². The first-order valence-corrected chi connectivity index (χ1v) is 8.21. The van der Waals surface area contributed by atoms with Crippen molar-refractivity contribution in [2.24, 2.45) is 5.41 Å². The summed E-state index contributed by atoms with van der Waals surface area (Å²) < 4.78 is 0. The smallest absolute Gasteiger partial charge is 0.0499 e. The van der Waals surface area contributed by atoms with Crippen LogP contribution in [0.5, 0.6) is 0 Å². The molecule has 2 nitrogen and oxygen atoms in total. The molecule has 1 aromatic carbocycles. The van der Waals surface area contributed by atoms with Gasteiger partial charge in [0, 0.05) is 25.1 Å². The number of hydrogen-bond acceptors (Lipinski definition) is 2. The molecule has 1 aromatic rings. The number of aryl methyl sites for hydroxylation is 1. The zero-order valence-electron chi connectivity index (χ0n) is 12.5. The van der Waals surface area contributed by atoms with Crippen LogP contribution in [-0.2, 0) is 13.0 Å². The van der Waals surface area contributed by atoms with Crippen molar-refractivity contribution in [1.82, 2.24) is 4.90 Å². The van der Waals surface area contributed by atoms with Crippen molar-refractivity contribution >= 4 is 0 Å². The minimum Gasteiger partial charge on any atom is -0.396 e. The van der Waals surface area contributed by atoms with Gasteiger partial charge >= 0.3 is 0 Å². The minimum absolute atomic E-state index is 0.178. The van der Waals surface area contributed by atoms with Crippen molar-refractivity contribution in [3.05, 3.63) is 35.4 Å². The highest BCUT2D eigenvalue weighted by Crippen LogP contribution is 2.37. The van der Waals surface area contributed by atoms with E-state index in [4.69, 9.17) is 0 Å². The first kappa shape index (κ1) is 14.1. The van der Waals surface area contributed by atoms with Gasteiger partial charge in [-0.05, 0) is 43.4 Å². The number of benzene rings is 1. The van der Waals surface area contributed by atoms with Gasteiger partial charge < -0.3 is 5.11 Å². The monoisotopic (exact) mass is 273 g/mol. The van der Waals surface area contributed by atoms with Crippen LogP contribution in [0.15, 0.2) is 24.3 Å². The van der Waals surface area contributed by atoms with E-state index >= 15 is 0 Å². The fourth-order valence-corrected chi connectivity index (χ4v) is 4.05. The van der Waals surface area contributed by atoms with E-state index in [1.54, 1.807) is 0 Å². The summed E-state index contributed by atoms with van der Waals surface area (Å²) in [7, 11) is 0. The van der Waals surface area contributed by atoms with Gasteiger partial charge in [-0.25, -0.2) is 0 Å². The molecule has 0 unspecified atom stereocenters. The molecule has 0 radical (unpaired) electrons. The molecule has 0 amide bonds. The number of hydrogen-bond donors (Lipinski definition) is 1. The van der Waals surface area contributed by atoms with E-state index in [1.165, 1.54) is 62.6 Å². The van der Waals surface area contributed by atoms with Crippen LogP contribution in [-0.4, -0.2) is 29.7 Å². The van der Waals surface area contributed by atoms with Gasteiger partial charge in [0.15, 0.2) is 0 Å². The van der Waals surface area contributed by atoms with E-state index in [2.05, 4.69) is 29.2 Å². The van der Waals surface area contributed by atoms with Crippen molar-refractivity contribution in [3.8, 4) is 0 Å². The summed E-state index contributed by atoms with van der Waals surface area (Å²) in [5.74, 6) is 0. The van der Waals surface area contributed by atoms with Crippen molar-refractivity contribution in [2.45, 2.75) is 51.5 Å². The summed E-state index contributed by atoms with van der Waals surface area (Å²) in [5.41, 5.74) is 3.20. The number of aliphatic hydroxyl groups excluding tert-OH is 1. The predicted molar refractivity (Wildman–Crippen MR) is 82.6 cm³/mol. The molecule has 2 aliphatic rings. The number of rotatable bonds is 3. The second-order valence-electron chi connectivity index (χ2n) is 6.80. The van der Waals surface area contributed by atoms with Gasteiger partial charge in [-0.3, -0.25) is 4.90 Å². The Morgan fingerprint density at radius 1 is 1.00 bits per heavy atom. The molecule has 0 spiro atoms. The lowest BCUT2D eigenvalue weighted by molar-refractivity contribution is 0.0382. The molecule has 1 N–H and O–H groups in total. The molecule has 1 saturated carbocycles. The molecule has 0 bridgehead atoms. The maximum Gasteiger partial charge on any atom is 0.0499 e. The lowest BCUT2D eigenvalue weighted by atomic mass is 9.74. The predicted octanol–water partition coefficient (Wildman–Crippen LogP) is 3.38. The molecular formula is C18H27NO. The molecule has 2 heteroatoms. The van der Waals surface area contributed by atoms with E-state index < -0.39 is 0 Å². The average Bonchev–Trinajstić information content (AvgIpc) is 2.69. The Balaban J connectivity index is 1.71. The second kappa shape index (κ2) is 6.28. The largest absolute Gasteiger partial charge is 0.396 e. The van der Waals surface area contributed by atoms with E-state index in [-0.39, 0.29) is 5.41 Å². The fourth-order valence-electron chi connectivity index (χ4n) is 4.05. The van der Waals surface area contributed by atoms with E-state index in [9.17, 15) is 5.11 Å². The first-order valence-electron chi connectivity index (χ1n) is 8.21. The van der Waals surface area contributed by atoms with Crippen molar-refractivity contribution < 1.29 is 5.11 Å². The average molecular weight is 273 g/mol. The van der Waals surface area contributed by atoms with Gasteiger partial charge in [0.25, 0.3) is 0 Å².